The zero-order valence-corrected chi connectivity index (χ0v) is 17.3. The zero-order chi connectivity index (χ0) is 22.3. The Kier molecular flexibility index (Phi) is 5.56. The molecule has 2 bridgehead atoms. The minimum atomic E-state index is -4.60. The van der Waals surface area contributed by atoms with Gasteiger partial charge in [0.1, 0.15) is 17.1 Å². The Morgan fingerprint density at radius 1 is 1.39 bits per heavy atom. The number of hydrogen-bond acceptors (Lipinski definition) is 7. The third kappa shape index (κ3) is 4.07. The third-order valence-electron chi connectivity index (χ3n) is 5.26. The van der Waals surface area contributed by atoms with Crippen molar-refractivity contribution in [2.45, 2.75) is 24.7 Å². The molecule has 1 amide bonds. The van der Waals surface area contributed by atoms with Crippen molar-refractivity contribution in [3.05, 3.63) is 34.5 Å². The van der Waals surface area contributed by atoms with Crippen LogP contribution < -0.4 is 15.4 Å². The molecule has 2 N–H and O–H groups in total. The van der Waals surface area contributed by atoms with Crippen molar-refractivity contribution in [1.29, 1.82) is 0 Å². The van der Waals surface area contributed by atoms with E-state index in [0.29, 0.717) is 19.3 Å². The van der Waals surface area contributed by atoms with Crippen molar-refractivity contribution in [2.24, 2.45) is 0 Å². The number of alkyl halides is 3. The number of nitrogens with zero attached hydrogens (tertiary/aromatic N) is 3. The van der Waals surface area contributed by atoms with Gasteiger partial charge < -0.3 is 25.0 Å². The molecule has 2 saturated heterocycles. The molecule has 1 aromatic carbocycles. The number of carbonyl (C=O) groups excluding carboxylic acids is 1. The fourth-order valence-electron chi connectivity index (χ4n) is 3.75. The lowest BCUT2D eigenvalue weighted by molar-refractivity contribution is -0.137. The van der Waals surface area contributed by atoms with E-state index in [0.717, 1.165) is 6.42 Å². The molecule has 166 valence electrons. The molecule has 2 fully saturated rings. The van der Waals surface area contributed by atoms with Gasteiger partial charge in [0.25, 0.3) is 5.91 Å². The molecule has 2 aliphatic rings. The molecule has 2 aromatic rings. The molecule has 1 aromatic heterocycles. The van der Waals surface area contributed by atoms with Gasteiger partial charge in [0.2, 0.25) is 5.95 Å². The molecule has 2 atom stereocenters. The van der Waals surface area contributed by atoms with E-state index in [1.54, 1.807) is 4.90 Å². The number of ether oxygens (including phenoxy) is 2. The van der Waals surface area contributed by atoms with Crippen LogP contribution >= 0.6 is 11.6 Å². The molecule has 4 rings (SSSR count). The van der Waals surface area contributed by atoms with Crippen LogP contribution in [0.15, 0.2) is 18.3 Å². The first-order valence-electron chi connectivity index (χ1n) is 9.40. The molecule has 8 nitrogen and oxygen atoms in total. The number of fused-ring (bicyclic) bond motifs is 2. The summed E-state index contributed by atoms with van der Waals surface area (Å²) in [5.74, 6) is -0.439. The number of likely N-dealkylation sites (tertiary alicyclic amines) is 1. The van der Waals surface area contributed by atoms with Crippen LogP contribution in [-0.2, 0) is 10.9 Å². The lowest BCUT2D eigenvalue weighted by Crippen LogP contribution is -2.41. The van der Waals surface area contributed by atoms with Gasteiger partial charge in [0, 0.05) is 25.9 Å². The van der Waals surface area contributed by atoms with Crippen LogP contribution in [0.2, 0.25) is 5.02 Å². The van der Waals surface area contributed by atoms with E-state index < -0.39 is 11.7 Å². The molecular formula is C19H19ClF3N5O3. The van der Waals surface area contributed by atoms with Gasteiger partial charge in [0.05, 0.1) is 42.1 Å². The largest absolute Gasteiger partial charge is 0.496 e. The minimum absolute atomic E-state index is 0.0271. The summed E-state index contributed by atoms with van der Waals surface area (Å²) < 4.78 is 50.0. The Morgan fingerprint density at radius 2 is 2.16 bits per heavy atom. The van der Waals surface area contributed by atoms with Crippen molar-refractivity contribution in [1.82, 2.24) is 14.9 Å². The Labute approximate surface area is 180 Å². The highest BCUT2D eigenvalue weighted by Crippen LogP contribution is 2.37. The fourth-order valence-corrected chi connectivity index (χ4v) is 3.96. The van der Waals surface area contributed by atoms with Gasteiger partial charge >= 0.3 is 6.18 Å². The number of halogens is 4. The van der Waals surface area contributed by atoms with Crippen molar-refractivity contribution < 1.29 is 27.4 Å². The molecule has 31 heavy (non-hydrogen) atoms. The maximum atomic E-state index is 13.0. The second-order valence-electron chi connectivity index (χ2n) is 7.16. The molecular weight excluding hydrogens is 439 g/mol. The van der Waals surface area contributed by atoms with E-state index in [1.165, 1.54) is 26.3 Å². The Balaban J connectivity index is 1.61. The van der Waals surface area contributed by atoms with Gasteiger partial charge in [-0.25, -0.2) is 4.98 Å². The number of amides is 1. The molecule has 0 saturated carbocycles. The summed E-state index contributed by atoms with van der Waals surface area (Å²) in [5, 5.41) is 5.35. The standard InChI is InChI=1S/C19H19ClF3N5O3/c1-24-16-12(19(21,22)23)6-25-18(27-16)26-14-5-15(30-2)11(4-13(14)20)17(29)28-7-10-3-9(28)8-31-10/h4-6,9-10H,3,7-8H2,1-2H3,(H2,24,25,26,27)/t9-,10?/m0/s1. The number of rotatable bonds is 5. The quantitative estimate of drug-likeness (QED) is 0.709. The van der Waals surface area contributed by atoms with Crippen LogP contribution in [0.5, 0.6) is 5.75 Å². The third-order valence-corrected chi connectivity index (χ3v) is 5.57. The average molecular weight is 458 g/mol. The van der Waals surface area contributed by atoms with E-state index in [-0.39, 0.29) is 51.8 Å². The van der Waals surface area contributed by atoms with E-state index in [2.05, 4.69) is 20.6 Å². The van der Waals surface area contributed by atoms with Crippen molar-refractivity contribution in [3.63, 3.8) is 0 Å². The molecule has 3 heterocycles. The summed E-state index contributed by atoms with van der Waals surface area (Å²) >= 11 is 6.35. The van der Waals surface area contributed by atoms with E-state index in [1.807, 2.05) is 0 Å². The number of carbonyl (C=O) groups is 1. The van der Waals surface area contributed by atoms with Gasteiger partial charge in [-0.1, -0.05) is 11.6 Å². The SMILES string of the molecule is CNc1nc(Nc2cc(OC)c(C(=O)N3CC4C[C@H]3CO4)cc2Cl)ncc1C(F)(F)F. The molecule has 0 radical (unpaired) electrons. The molecule has 1 unspecified atom stereocenters. The summed E-state index contributed by atoms with van der Waals surface area (Å²) in [6.45, 7) is 1.02. The Bertz CT molecular complexity index is 1020. The number of anilines is 3. The first-order valence-corrected chi connectivity index (χ1v) is 9.78. The smallest absolute Gasteiger partial charge is 0.421 e. The first-order chi connectivity index (χ1) is 14.7. The Hall–Kier alpha value is -2.79. The van der Waals surface area contributed by atoms with Crippen LogP contribution in [0.4, 0.5) is 30.6 Å². The number of nitrogens with one attached hydrogen (secondary N) is 2. The lowest BCUT2D eigenvalue weighted by atomic mass is 10.1. The molecule has 2 aliphatic heterocycles. The van der Waals surface area contributed by atoms with Crippen molar-refractivity contribution in [3.8, 4) is 5.75 Å². The van der Waals surface area contributed by atoms with Crippen LogP contribution in [0.1, 0.15) is 22.3 Å². The predicted octanol–water partition coefficient (Wildman–Crippen LogP) is 3.56. The fraction of sp³-hybridized carbons (Fsp3) is 0.421. The predicted molar refractivity (Wildman–Crippen MR) is 107 cm³/mol. The average Bonchev–Trinajstić information content (AvgIpc) is 3.37. The van der Waals surface area contributed by atoms with Gasteiger partial charge in [-0.15, -0.1) is 0 Å². The highest BCUT2D eigenvalue weighted by molar-refractivity contribution is 6.33. The minimum Gasteiger partial charge on any atom is -0.496 e. The highest BCUT2D eigenvalue weighted by atomic mass is 35.5. The summed E-state index contributed by atoms with van der Waals surface area (Å²) in [6, 6.07) is 2.97. The van der Waals surface area contributed by atoms with Crippen molar-refractivity contribution in [2.75, 3.05) is 37.9 Å². The second kappa shape index (κ2) is 8.04. The summed E-state index contributed by atoms with van der Waals surface area (Å²) in [4.78, 5) is 22.3. The number of methoxy groups -OCH3 is 1. The topological polar surface area (TPSA) is 88.6 Å². The van der Waals surface area contributed by atoms with Crippen LogP contribution in [-0.4, -0.2) is 60.2 Å². The summed E-state index contributed by atoms with van der Waals surface area (Å²) in [6.07, 6.45) is -3.07. The van der Waals surface area contributed by atoms with Crippen LogP contribution in [0, 0.1) is 0 Å². The monoisotopic (exact) mass is 457 g/mol. The number of hydrogen-bond donors (Lipinski definition) is 2. The number of morpholine rings is 1. The van der Waals surface area contributed by atoms with E-state index >= 15 is 0 Å². The summed E-state index contributed by atoms with van der Waals surface area (Å²) in [7, 11) is 2.74. The van der Waals surface area contributed by atoms with E-state index in [9.17, 15) is 18.0 Å². The maximum Gasteiger partial charge on any atom is 0.421 e. The molecule has 12 heteroatoms. The number of benzene rings is 1. The van der Waals surface area contributed by atoms with E-state index in [4.69, 9.17) is 21.1 Å². The Morgan fingerprint density at radius 3 is 2.74 bits per heavy atom. The zero-order valence-electron chi connectivity index (χ0n) is 16.6. The van der Waals surface area contributed by atoms with Crippen LogP contribution in [0.25, 0.3) is 0 Å². The molecule has 0 spiro atoms. The van der Waals surface area contributed by atoms with Crippen LogP contribution in [0.3, 0.4) is 0 Å². The lowest BCUT2D eigenvalue weighted by Gasteiger charge is -2.27. The summed E-state index contributed by atoms with van der Waals surface area (Å²) in [5.41, 5.74) is -0.424. The molecule has 0 aliphatic carbocycles. The van der Waals surface area contributed by atoms with Gasteiger partial charge in [-0.3, -0.25) is 4.79 Å². The normalized spacial score (nSPS) is 20.1. The van der Waals surface area contributed by atoms with Gasteiger partial charge in [-0.2, -0.15) is 18.2 Å². The number of aromatic nitrogens is 2. The van der Waals surface area contributed by atoms with Gasteiger partial charge in [-0.05, 0) is 12.5 Å². The van der Waals surface area contributed by atoms with Crippen molar-refractivity contribution >= 4 is 35.0 Å². The second-order valence-corrected chi connectivity index (χ2v) is 7.57. The first kappa shape index (κ1) is 21.4. The maximum absolute atomic E-state index is 13.0. The van der Waals surface area contributed by atoms with Gasteiger partial charge in [0.15, 0.2) is 0 Å². The highest BCUT2D eigenvalue weighted by Gasteiger charge is 2.42.